The van der Waals surface area contributed by atoms with Crippen molar-refractivity contribution in [1.82, 2.24) is 0 Å². The molecule has 4 N–H and O–H groups in total. The average Bonchev–Trinajstić information content (AvgIpc) is 2.33. The number of carboxylic acids is 1. The molecule has 18 heavy (non-hydrogen) atoms. The van der Waals surface area contributed by atoms with E-state index in [2.05, 4.69) is 12.2 Å². The first-order valence-electron chi connectivity index (χ1n) is 6.13. The summed E-state index contributed by atoms with van der Waals surface area (Å²) in [6, 6.07) is 2.59. The van der Waals surface area contributed by atoms with E-state index in [1.165, 1.54) is 12.1 Å². The van der Waals surface area contributed by atoms with Crippen molar-refractivity contribution in [2.75, 3.05) is 17.6 Å². The van der Waals surface area contributed by atoms with Crippen LogP contribution in [0.1, 0.15) is 43.0 Å². The van der Waals surface area contributed by atoms with Gasteiger partial charge >= 0.3 is 5.97 Å². The Balaban J connectivity index is 2.70. The zero-order valence-corrected chi connectivity index (χ0v) is 10.5. The number of hydrogen-bond acceptors (Lipinski definition) is 3. The van der Waals surface area contributed by atoms with Crippen molar-refractivity contribution < 1.29 is 14.3 Å². The fourth-order valence-electron chi connectivity index (χ4n) is 1.75. The molecule has 0 amide bonds. The smallest absolute Gasteiger partial charge is 0.340 e. The monoisotopic (exact) mass is 254 g/mol. The molecule has 0 aliphatic heterocycles. The van der Waals surface area contributed by atoms with Crippen LogP contribution in [0.5, 0.6) is 0 Å². The second kappa shape index (κ2) is 6.83. The van der Waals surface area contributed by atoms with Gasteiger partial charge in [0.15, 0.2) is 0 Å². The molecule has 0 spiro atoms. The number of nitrogen functional groups attached to an aromatic ring is 1. The van der Waals surface area contributed by atoms with Gasteiger partial charge in [-0.2, -0.15) is 0 Å². The molecular weight excluding hydrogens is 235 g/mol. The van der Waals surface area contributed by atoms with Crippen LogP contribution < -0.4 is 11.1 Å². The summed E-state index contributed by atoms with van der Waals surface area (Å²) in [5, 5.41) is 12.0. The first kappa shape index (κ1) is 14.3. The van der Waals surface area contributed by atoms with Gasteiger partial charge in [0.25, 0.3) is 0 Å². The van der Waals surface area contributed by atoms with Crippen molar-refractivity contribution in [3.8, 4) is 0 Å². The van der Waals surface area contributed by atoms with Crippen LogP contribution in [-0.4, -0.2) is 17.6 Å². The van der Waals surface area contributed by atoms with E-state index in [1.807, 2.05) is 0 Å². The molecule has 0 bridgehead atoms. The molecule has 0 unspecified atom stereocenters. The summed E-state index contributed by atoms with van der Waals surface area (Å²) in [5.41, 5.74) is 5.31. The van der Waals surface area contributed by atoms with Crippen molar-refractivity contribution in [2.24, 2.45) is 0 Å². The first-order chi connectivity index (χ1) is 8.57. The standard InChI is InChI=1S/C13H19FN2O2/c1-2-3-4-5-8-16-10-7-6-9(14)12(15)11(10)13(17)18/h6-7,16H,2-5,8,15H2,1H3,(H,17,18). The molecule has 1 aromatic carbocycles. The summed E-state index contributed by atoms with van der Waals surface area (Å²) < 4.78 is 13.2. The number of hydrogen-bond donors (Lipinski definition) is 3. The number of nitrogens with two attached hydrogens (primary N) is 1. The maximum absolute atomic E-state index is 13.2. The van der Waals surface area contributed by atoms with Crippen LogP contribution in [0.4, 0.5) is 15.8 Å². The SMILES string of the molecule is CCCCCCNc1ccc(F)c(N)c1C(=O)O. The van der Waals surface area contributed by atoms with E-state index in [0.717, 1.165) is 25.7 Å². The predicted octanol–water partition coefficient (Wildman–Crippen LogP) is 3.10. The molecule has 0 heterocycles. The summed E-state index contributed by atoms with van der Waals surface area (Å²) >= 11 is 0. The van der Waals surface area contributed by atoms with Crippen LogP contribution in [-0.2, 0) is 0 Å². The number of anilines is 2. The van der Waals surface area contributed by atoms with Gasteiger partial charge in [-0.1, -0.05) is 26.2 Å². The molecule has 0 saturated carbocycles. The maximum Gasteiger partial charge on any atom is 0.340 e. The fraction of sp³-hybridized carbons (Fsp3) is 0.462. The van der Waals surface area contributed by atoms with Crippen molar-refractivity contribution >= 4 is 17.3 Å². The Morgan fingerprint density at radius 3 is 2.72 bits per heavy atom. The highest BCUT2D eigenvalue weighted by Gasteiger charge is 2.16. The summed E-state index contributed by atoms with van der Waals surface area (Å²) in [6.07, 6.45) is 4.33. The number of nitrogens with one attached hydrogen (secondary N) is 1. The van der Waals surface area contributed by atoms with E-state index in [0.29, 0.717) is 12.2 Å². The average molecular weight is 254 g/mol. The fourth-order valence-corrected chi connectivity index (χ4v) is 1.75. The van der Waals surface area contributed by atoms with E-state index in [-0.39, 0.29) is 11.3 Å². The third-order valence-electron chi connectivity index (χ3n) is 2.75. The molecular formula is C13H19FN2O2. The lowest BCUT2D eigenvalue weighted by Gasteiger charge is -2.11. The van der Waals surface area contributed by atoms with Gasteiger partial charge in [-0.05, 0) is 18.6 Å². The second-order valence-electron chi connectivity index (χ2n) is 4.18. The number of rotatable bonds is 7. The highest BCUT2D eigenvalue weighted by atomic mass is 19.1. The van der Waals surface area contributed by atoms with Gasteiger partial charge in [-0.3, -0.25) is 0 Å². The summed E-state index contributed by atoms with van der Waals surface area (Å²) in [5.74, 6) is -1.92. The van der Waals surface area contributed by atoms with Gasteiger partial charge in [0.1, 0.15) is 11.4 Å². The Morgan fingerprint density at radius 1 is 1.39 bits per heavy atom. The molecule has 0 saturated heterocycles. The molecule has 0 atom stereocenters. The number of aromatic carboxylic acids is 1. The van der Waals surface area contributed by atoms with Crippen LogP contribution in [0.15, 0.2) is 12.1 Å². The van der Waals surface area contributed by atoms with Gasteiger partial charge in [-0.25, -0.2) is 9.18 Å². The van der Waals surface area contributed by atoms with Crippen molar-refractivity contribution in [2.45, 2.75) is 32.6 Å². The number of halogens is 1. The van der Waals surface area contributed by atoms with Gasteiger partial charge in [-0.15, -0.1) is 0 Å². The third kappa shape index (κ3) is 3.61. The summed E-state index contributed by atoms with van der Waals surface area (Å²) in [4.78, 5) is 11.0. The highest BCUT2D eigenvalue weighted by Crippen LogP contribution is 2.25. The second-order valence-corrected chi connectivity index (χ2v) is 4.18. The van der Waals surface area contributed by atoms with Gasteiger partial charge < -0.3 is 16.2 Å². The molecule has 0 fully saturated rings. The van der Waals surface area contributed by atoms with Crippen LogP contribution in [0, 0.1) is 5.82 Å². The molecule has 0 aliphatic carbocycles. The largest absolute Gasteiger partial charge is 0.478 e. The molecule has 4 nitrogen and oxygen atoms in total. The van der Waals surface area contributed by atoms with E-state index < -0.39 is 11.8 Å². The van der Waals surface area contributed by atoms with Crippen LogP contribution >= 0.6 is 0 Å². The Labute approximate surface area is 106 Å². The predicted molar refractivity (Wildman–Crippen MR) is 70.4 cm³/mol. The minimum absolute atomic E-state index is 0.189. The molecule has 1 aromatic rings. The summed E-state index contributed by atoms with van der Waals surface area (Å²) in [7, 11) is 0. The lowest BCUT2D eigenvalue weighted by molar-refractivity contribution is 0.0698. The Hall–Kier alpha value is -1.78. The van der Waals surface area contributed by atoms with Crippen LogP contribution in [0.3, 0.4) is 0 Å². The Bertz CT molecular complexity index is 422. The van der Waals surface area contributed by atoms with Crippen LogP contribution in [0.25, 0.3) is 0 Å². The van der Waals surface area contributed by atoms with E-state index in [4.69, 9.17) is 10.8 Å². The normalized spacial score (nSPS) is 10.3. The minimum atomic E-state index is -1.22. The Morgan fingerprint density at radius 2 is 2.11 bits per heavy atom. The van der Waals surface area contributed by atoms with Gasteiger partial charge in [0.2, 0.25) is 0 Å². The first-order valence-corrected chi connectivity index (χ1v) is 6.13. The quantitative estimate of drug-likeness (QED) is 0.516. The van der Waals surface area contributed by atoms with Gasteiger partial charge in [0, 0.05) is 6.54 Å². The molecule has 1 rings (SSSR count). The van der Waals surface area contributed by atoms with Crippen molar-refractivity contribution in [3.63, 3.8) is 0 Å². The molecule has 100 valence electrons. The lowest BCUT2D eigenvalue weighted by atomic mass is 10.1. The summed E-state index contributed by atoms with van der Waals surface area (Å²) in [6.45, 7) is 2.78. The molecule has 5 heteroatoms. The van der Waals surface area contributed by atoms with E-state index in [1.54, 1.807) is 0 Å². The third-order valence-corrected chi connectivity index (χ3v) is 2.75. The Kier molecular flexibility index (Phi) is 5.42. The van der Waals surface area contributed by atoms with E-state index >= 15 is 0 Å². The lowest BCUT2D eigenvalue weighted by Crippen LogP contribution is -2.11. The zero-order valence-electron chi connectivity index (χ0n) is 10.5. The minimum Gasteiger partial charge on any atom is -0.478 e. The zero-order chi connectivity index (χ0) is 13.5. The highest BCUT2D eigenvalue weighted by molar-refractivity contribution is 6.00. The number of unbranched alkanes of at least 4 members (excludes halogenated alkanes) is 3. The molecule has 0 aliphatic rings. The van der Waals surface area contributed by atoms with E-state index in [9.17, 15) is 9.18 Å². The van der Waals surface area contributed by atoms with Crippen molar-refractivity contribution in [3.05, 3.63) is 23.5 Å². The maximum atomic E-state index is 13.2. The molecule has 0 aromatic heterocycles. The van der Waals surface area contributed by atoms with Gasteiger partial charge in [0.05, 0.1) is 11.4 Å². The number of benzene rings is 1. The molecule has 0 radical (unpaired) electrons. The number of carboxylic acid groups (broad SMARTS) is 1. The number of carbonyl (C=O) groups is 1. The van der Waals surface area contributed by atoms with Crippen molar-refractivity contribution in [1.29, 1.82) is 0 Å². The topological polar surface area (TPSA) is 75.3 Å². The van der Waals surface area contributed by atoms with Crippen LogP contribution in [0.2, 0.25) is 0 Å².